The molecule has 1 N–H and O–H groups in total. The van der Waals surface area contributed by atoms with E-state index in [9.17, 15) is 4.79 Å². The first-order valence-electron chi connectivity index (χ1n) is 8.10. The van der Waals surface area contributed by atoms with Crippen molar-refractivity contribution < 1.29 is 9.53 Å². The molecule has 0 unspecified atom stereocenters. The van der Waals surface area contributed by atoms with Crippen molar-refractivity contribution in [2.75, 3.05) is 18.5 Å². The summed E-state index contributed by atoms with van der Waals surface area (Å²) in [6.07, 6.45) is 2.52. The van der Waals surface area contributed by atoms with Crippen LogP contribution in [0.2, 0.25) is 0 Å². The standard InChI is InChI=1S/C17H23N3O2/c1-3-16-19-14-11-13(5-6-15(14)20(16)4-2)18-17(21)12-7-9-22-10-8-12/h5-6,11-12H,3-4,7-10H2,1-2H3,(H,18,21). The molecule has 3 rings (SSSR count). The number of aryl methyl sites for hydroxylation is 2. The normalized spacial score (nSPS) is 16.1. The number of aromatic nitrogens is 2. The summed E-state index contributed by atoms with van der Waals surface area (Å²) in [5, 5.41) is 3.02. The van der Waals surface area contributed by atoms with Crippen LogP contribution in [0, 0.1) is 5.92 Å². The van der Waals surface area contributed by atoms with Crippen molar-refractivity contribution in [1.82, 2.24) is 9.55 Å². The first-order chi connectivity index (χ1) is 10.7. The number of amides is 1. The van der Waals surface area contributed by atoms with E-state index in [0.29, 0.717) is 13.2 Å². The second-order valence-electron chi connectivity index (χ2n) is 5.71. The zero-order valence-electron chi connectivity index (χ0n) is 13.3. The number of carbonyl (C=O) groups excluding carboxylic acids is 1. The topological polar surface area (TPSA) is 56.1 Å². The fourth-order valence-corrected chi connectivity index (χ4v) is 3.08. The van der Waals surface area contributed by atoms with Gasteiger partial charge in [-0.05, 0) is 38.0 Å². The van der Waals surface area contributed by atoms with Gasteiger partial charge in [0.1, 0.15) is 5.82 Å². The van der Waals surface area contributed by atoms with Crippen LogP contribution < -0.4 is 5.32 Å². The van der Waals surface area contributed by atoms with Gasteiger partial charge in [-0.15, -0.1) is 0 Å². The smallest absolute Gasteiger partial charge is 0.227 e. The highest BCUT2D eigenvalue weighted by Gasteiger charge is 2.21. The van der Waals surface area contributed by atoms with Gasteiger partial charge < -0.3 is 14.6 Å². The van der Waals surface area contributed by atoms with Gasteiger partial charge in [-0.3, -0.25) is 4.79 Å². The van der Waals surface area contributed by atoms with Gasteiger partial charge in [0.15, 0.2) is 0 Å². The molecule has 0 radical (unpaired) electrons. The number of hydrogen-bond donors (Lipinski definition) is 1. The molecular weight excluding hydrogens is 278 g/mol. The predicted octanol–water partition coefficient (Wildman–Crippen LogP) is 2.98. The van der Waals surface area contributed by atoms with Gasteiger partial charge in [-0.1, -0.05) is 6.92 Å². The van der Waals surface area contributed by atoms with Gasteiger partial charge in [-0.2, -0.15) is 0 Å². The molecule has 118 valence electrons. The van der Waals surface area contributed by atoms with Crippen molar-refractivity contribution in [2.45, 2.75) is 39.7 Å². The highest BCUT2D eigenvalue weighted by molar-refractivity contribution is 5.94. The summed E-state index contributed by atoms with van der Waals surface area (Å²) >= 11 is 0. The molecule has 1 amide bonds. The van der Waals surface area contributed by atoms with Gasteiger partial charge >= 0.3 is 0 Å². The number of nitrogens with zero attached hydrogens (tertiary/aromatic N) is 2. The number of benzene rings is 1. The highest BCUT2D eigenvalue weighted by atomic mass is 16.5. The van der Waals surface area contributed by atoms with E-state index in [1.54, 1.807) is 0 Å². The summed E-state index contributed by atoms with van der Waals surface area (Å²) in [5.41, 5.74) is 2.90. The average Bonchev–Trinajstić information content (AvgIpc) is 2.92. The zero-order chi connectivity index (χ0) is 15.5. The summed E-state index contributed by atoms with van der Waals surface area (Å²) in [5.74, 6) is 1.24. The fourth-order valence-electron chi connectivity index (χ4n) is 3.08. The van der Waals surface area contributed by atoms with E-state index in [0.717, 1.165) is 48.4 Å². The van der Waals surface area contributed by atoms with Crippen LogP contribution in [0.5, 0.6) is 0 Å². The second kappa shape index (κ2) is 6.48. The van der Waals surface area contributed by atoms with Gasteiger partial charge in [0.25, 0.3) is 0 Å². The van der Waals surface area contributed by atoms with Gasteiger partial charge in [0.05, 0.1) is 11.0 Å². The minimum atomic E-state index is 0.0591. The van der Waals surface area contributed by atoms with Crippen molar-refractivity contribution in [3.05, 3.63) is 24.0 Å². The molecule has 1 aliphatic heterocycles. The van der Waals surface area contributed by atoms with Gasteiger partial charge in [-0.25, -0.2) is 4.98 Å². The third-order valence-electron chi connectivity index (χ3n) is 4.32. The summed E-state index contributed by atoms with van der Waals surface area (Å²) in [4.78, 5) is 17.0. The van der Waals surface area contributed by atoms with E-state index in [4.69, 9.17) is 4.74 Å². The maximum Gasteiger partial charge on any atom is 0.227 e. The fraction of sp³-hybridized carbons (Fsp3) is 0.529. The van der Waals surface area contributed by atoms with Crippen molar-refractivity contribution in [1.29, 1.82) is 0 Å². The lowest BCUT2D eigenvalue weighted by Crippen LogP contribution is -2.28. The molecule has 0 atom stereocenters. The molecule has 1 fully saturated rings. The highest BCUT2D eigenvalue weighted by Crippen LogP contribution is 2.23. The molecule has 1 aliphatic rings. The molecule has 2 aromatic rings. The minimum absolute atomic E-state index is 0.0591. The third-order valence-corrected chi connectivity index (χ3v) is 4.32. The monoisotopic (exact) mass is 301 g/mol. The van der Waals surface area contributed by atoms with E-state index in [-0.39, 0.29) is 11.8 Å². The van der Waals surface area contributed by atoms with Crippen LogP contribution >= 0.6 is 0 Å². The van der Waals surface area contributed by atoms with Crippen molar-refractivity contribution in [3.63, 3.8) is 0 Å². The largest absolute Gasteiger partial charge is 0.381 e. The molecule has 5 nitrogen and oxygen atoms in total. The molecule has 1 saturated heterocycles. The molecular formula is C17H23N3O2. The first-order valence-corrected chi connectivity index (χ1v) is 8.10. The van der Waals surface area contributed by atoms with Crippen LogP contribution in [0.4, 0.5) is 5.69 Å². The lowest BCUT2D eigenvalue weighted by atomic mass is 9.99. The lowest BCUT2D eigenvalue weighted by Gasteiger charge is -2.21. The SMILES string of the molecule is CCc1nc2cc(NC(=O)C3CCOCC3)ccc2n1CC. The van der Waals surface area contributed by atoms with Crippen LogP contribution in [-0.4, -0.2) is 28.7 Å². The number of nitrogens with one attached hydrogen (secondary N) is 1. The summed E-state index contributed by atoms with van der Waals surface area (Å²) in [6.45, 7) is 6.51. The minimum Gasteiger partial charge on any atom is -0.381 e. The lowest BCUT2D eigenvalue weighted by molar-refractivity contribution is -0.122. The van der Waals surface area contributed by atoms with Crippen molar-refractivity contribution in [3.8, 4) is 0 Å². The number of ether oxygens (including phenoxy) is 1. The second-order valence-corrected chi connectivity index (χ2v) is 5.71. The van der Waals surface area contributed by atoms with E-state index in [1.807, 2.05) is 18.2 Å². The van der Waals surface area contributed by atoms with Crippen molar-refractivity contribution >= 4 is 22.6 Å². The number of anilines is 1. The molecule has 0 bridgehead atoms. The number of carbonyl (C=O) groups is 1. The van der Waals surface area contributed by atoms with Crippen molar-refractivity contribution in [2.24, 2.45) is 5.92 Å². The quantitative estimate of drug-likeness (QED) is 0.944. The molecule has 0 aliphatic carbocycles. The van der Waals surface area contributed by atoms with Crippen LogP contribution in [0.25, 0.3) is 11.0 Å². The van der Waals surface area contributed by atoms with E-state index < -0.39 is 0 Å². The maximum absolute atomic E-state index is 12.3. The van der Waals surface area contributed by atoms with Crippen LogP contribution in [0.3, 0.4) is 0 Å². The Hall–Kier alpha value is -1.88. The predicted molar refractivity (Wildman–Crippen MR) is 87.0 cm³/mol. The Labute approximate surface area is 130 Å². The number of rotatable bonds is 4. The summed E-state index contributed by atoms with van der Waals surface area (Å²) in [6, 6.07) is 5.98. The number of fused-ring (bicyclic) bond motifs is 1. The summed E-state index contributed by atoms with van der Waals surface area (Å²) in [7, 11) is 0. The molecule has 1 aromatic carbocycles. The van der Waals surface area contributed by atoms with Gasteiger partial charge in [0.2, 0.25) is 5.91 Å². The molecule has 0 spiro atoms. The van der Waals surface area contributed by atoms with Crippen LogP contribution in [0.1, 0.15) is 32.5 Å². The van der Waals surface area contributed by atoms with E-state index in [2.05, 4.69) is 28.7 Å². The van der Waals surface area contributed by atoms with E-state index in [1.165, 1.54) is 0 Å². The Kier molecular flexibility index (Phi) is 4.43. The number of imidazole rings is 1. The zero-order valence-corrected chi connectivity index (χ0v) is 13.3. The van der Waals surface area contributed by atoms with Crippen LogP contribution in [-0.2, 0) is 22.5 Å². The Balaban J connectivity index is 1.81. The molecule has 1 aromatic heterocycles. The molecule has 22 heavy (non-hydrogen) atoms. The summed E-state index contributed by atoms with van der Waals surface area (Å²) < 4.78 is 7.53. The Morgan fingerprint density at radius 3 is 2.82 bits per heavy atom. The van der Waals surface area contributed by atoms with Gasteiger partial charge in [0, 0.05) is 37.8 Å². The maximum atomic E-state index is 12.3. The molecule has 2 heterocycles. The Morgan fingerprint density at radius 1 is 1.36 bits per heavy atom. The molecule has 0 saturated carbocycles. The number of hydrogen-bond acceptors (Lipinski definition) is 3. The molecule has 5 heteroatoms. The Bertz CT molecular complexity index is 672. The Morgan fingerprint density at radius 2 is 2.14 bits per heavy atom. The first kappa shape index (κ1) is 15.0. The third kappa shape index (κ3) is 2.86. The average molecular weight is 301 g/mol. The van der Waals surface area contributed by atoms with Crippen LogP contribution in [0.15, 0.2) is 18.2 Å². The van der Waals surface area contributed by atoms with E-state index >= 15 is 0 Å².